The molecule has 2 amide bonds. The van der Waals surface area contributed by atoms with Crippen molar-refractivity contribution >= 4 is 12.0 Å². The van der Waals surface area contributed by atoms with Crippen LogP contribution in [0.25, 0.3) is 0 Å². The van der Waals surface area contributed by atoms with Gasteiger partial charge in [0.25, 0.3) is 0 Å². The molecule has 2 atom stereocenters. The Bertz CT molecular complexity index is 673. The fourth-order valence-electron chi connectivity index (χ4n) is 2.75. The normalized spacial score (nSPS) is 21.0. The van der Waals surface area contributed by atoms with Gasteiger partial charge in [-0.25, -0.2) is 18.0 Å². The molecule has 1 aromatic rings. The largest absolute Gasteiger partial charge is 0.444 e. The second-order valence-corrected chi connectivity index (χ2v) is 6.74. The van der Waals surface area contributed by atoms with Crippen LogP contribution in [0.1, 0.15) is 38.7 Å². The van der Waals surface area contributed by atoms with Crippen molar-refractivity contribution in [3.63, 3.8) is 0 Å². The van der Waals surface area contributed by atoms with E-state index >= 15 is 0 Å². The van der Waals surface area contributed by atoms with Crippen LogP contribution in [0.5, 0.6) is 0 Å². The summed E-state index contributed by atoms with van der Waals surface area (Å²) in [5.41, 5.74) is 3.98. The van der Waals surface area contributed by atoms with Gasteiger partial charge in [-0.15, -0.1) is 0 Å². The molecule has 132 valence electrons. The van der Waals surface area contributed by atoms with Crippen molar-refractivity contribution in [2.75, 3.05) is 6.54 Å². The summed E-state index contributed by atoms with van der Waals surface area (Å²) < 4.78 is 46.5. The highest BCUT2D eigenvalue weighted by molar-refractivity contribution is 5.85. The van der Waals surface area contributed by atoms with Crippen LogP contribution >= 0.6 is 0 Å². The topological polar surface area (TPSA) is 72.6 Å². The summed E-state index contributed by atoms with van der Waals surface area (Å²) in [7, 11) is 0. The van der Waals surface area contributed by atoms with Crippen LogP contribution in [-0.2, 0) is 9.53 Å². The quantitative estimate of drug-likeness (QED) is 0.839. The number of likely N-dealkylation sites (tertiary alicyclic amines) is 1. The molecule has 1 saturated heterocycles. The molecule has 8 heteroatoms. The number of benzene rings is 1. The van der Waals surface area contributed by atoms with Crippen LogP contribution in [0.4, 0.5) is 18.0 Å². The van der Waals surface area contributed by atoms with Crippen LogP contribution in [0.2, 0.25) is 0 Å². The number of nitrogens with two attached hydrogens (primary N) is 1. The maximum Gasteiger partial charge on any atom is 0.410 e. The summed E-state index contributed by atoms with van der Waals surface area (Å²) in [5, 5.41) is 0. The zero-order valence-corrected chi connectivity index (χ0v) is 13.6. The van der Waals surface area contributed by atoms with E-state index in [-0.39, 0.29) is 13.0 Å². The van der Waals surface area contributed by atoms with Crippen molar-refractivity contribution in [2.45, 2.75) is 44.8 Å². The third-order valence-corrected chi connectivity index (χ3v) is 3.75. The first kappa shape index (κ1) is 18.1. The summed E-state index contributed by atoms with van der Waals surface area (Å²) in [5.74, 6) is -5.17. The van der Waals surface area contributed by atoms with Crippen molar-refractivity contribution in [1.29, 1.82) is 0 Å². The lowest BCUT2D eigenvalue weighted by Gasteiger charge is -2.27. The van der Waals surface area contributed by atoms with Gasteiger partial charge in [0.2, 0.25) is 5.91 Å². The van der Waals surface area contributed by atoms with Crippen molar-refractivity contribution in [1.82, 2.24) is 4.90 Å². The third-order valence-electron chi connectivity index (χ3n) is 3.75. The molecule has 1 aliphatic heterocycles. The minimum atomic E-state index is -1.32. The van der Waals surface area contributed by atoms with E-state index < -0.39 is 52.6 Å². The van der Waals surface area contributed by atoms with Gasteiger partial charge < -0.3 is 10.5 Å². The number of rotatable bonds is 2. The SMILES string of the molecule is CC(C)(C)OC(=O)N1CC(c2c(F)ccc(F)c2F)CC1C(N)=O. The summed E-state index contributed by atoms with van der Waals surface area (Å²) in [4.78, 5) is 24.9. The van der Waals surface area contributed by atoms with Gasteiger partial charge >= 0.3 is 6.09 Å². The molecule has 2 unspecified atom stereocenters. The number of ether oxygens (including phenoxy) is 1. The first-order valence-electron chi connectivity index (χ1n) is 7.43. The molecule has 1 aliphatic rings. The van der Waals surface area contributed by atoms with Crippen LogP contribution in [0.15, 0.2) is 12.1 Å². The standard InChI is InChI=1S/C16H19F3N2O3/c1-16(2,3)24-15(23)21-7-8(6-11(21)14(20)22)12-9(17)4-5-10(18)13(12)19/h4-5,8,11H,6-7H2,1-3H3,(H2,20,22). The van der Waals surface area contributed by atoms with Crippen LogP contribution in [-0.4, -0.2) is 35.1 Å². The molecule has 0 aromatic heterocycles. The number of nitrogens with zero attached hydrogens (tertiary/aromatic N) is 1. The molecular weight excluding hydrogens is 325 g/mol. The molecule has 1 heterocycles. The highest BCUT2D eigenvalue weighted by Crippen LogP contribution is 2.36. The van der Waals surface area contributed by atoms with Crippen LogP contribution in [0, 0.1) is 17.5 Å². The Labute approximate surface area is 137 Å². The zero-order valence-electron chi connectivity index (χ0n) is 13.6. The number of hydrogen-bond donors (Lipinski definition) is 1. The van der Waals surface area contributed by atoms with Gasteiger partial charge in [0.15, 0.2) is 11.6 Å². The molecule has 0 saturated carbocycles. The minimum Gasteiger partial charge on any atom is -0.444 e. The van der Waals surface area contributed by atoms with E-state index in [0.29, 0.717) is 6.07 Å². The van der Waals surface area contributed by atoms with E-state index in [1.54, 1.807) is 20.8 Å². The Morgan fingerprint density at radius 1 is 1.21 bits per heavy atom. The van der Waals surface area contributed by atoms with Crippen molar-refractivity contribution in [3.8, 4) is 0 Å². The molecule has 1 fully saturated rings. The minimum absolute atomic E-state index is 0.105. The number of hydrogen-bond acceptors (Lipinski definition) is 3. The number of halogens is 3. The average Bonchev–Trinajstić information content (AvgIpc) is 2.87. The summed E-state index contributed by atoms with van der Waals surface area (Å²) in [6.07, 6.45) is -0.919. The molecule has 0 bridgehead atoms. The van der Waals surface area contributed by atoms with Gasteiger partial charge in [0.05, 0.1) is 0 Å². The van der Waals surface area contributed by atoms with E-state index in [2.05, 4.69) is 0 Å². The Hall–Kier alpha value is -2.25. The average molecular weight is 344 g/mol. The van der Waals surface area contributed by atoms with Gasteiger partial charge in [-0.05, 0) is 39.3 Å². The molecule has 0 aliphatic carbocycles. The molecule has 2 rings (SSSR count). The Balaban J connectivity index is 2.33. The summed E-state index contributed by atoms with van der Waals surface area (Å²) in [6, 6.07) is 0.413. The monoisotopic (exact) mass is 344 g/mol. The highest BCUT2D eigenvalue weighted by atomic mass is 19.2. The lowest BCUT2D eigenvalue weighted by molar-refractivity contribution is -0.122. The third kappa shape index (κ3) is 3.63. The highest BCUT2D eigenvalue weighted by Gasteiger charge is 2.43. The predicted octanol–water partition coefficient (Wildman–Crippen LogP) is 2.68. The van der Waals surface area contributed by atoms with Gasteiger partial charge in [0, 0.05) is 18.0 Å². The van der Waals surface area contributed by atoms with E-state index in [0.717, 1.165) is 11.0 Å². The fraction of sp³-hybridized carbons (Fsp3) is 0.500. The van der Waals surface area contributed by atoms with Crippen LogP contribution < -0.4 is 5.73 Å². The van der Waals surface area contributed by atoms with Gasteiger partial charge in [-0.2, -0.15) is 0 Å². The van der Waals surface area contributed by atoms with Gasteiger partial charge in [0.1, 0.15) is 17.5 Å². The molecule has 1 aromatic carbocycles. The Morgan fingerprint density at radius 2 is 1.79 bits per heavy atom. The van der Waals surface area contributed by atoms with Gasteiger partial charge in [-0.1, -0.05) is 0 Å². The number of carbonyl (C=O) groups excluding carboxylic acids is 2. The first-order chi connectivity index (χ1) is 11.0. The van der Waals surface area contributed by atoms with Crippen molar-refractivity contribution in [2.24, 2.45) is 5.73 Å². The fourth-order valence-corrected chi connectivity index (χ4v) is 2.75. The second kappa shape index (κ2) is 6.33. The zero-order chi connectivity index (χ0) is 18.2. The lowest BCUT2D eigenvalue weighted by Crippen LogP contribution is -2.45. The summed E-state index contributed by atoms with van der Waals surface area (Å²) in [6.45, 7) is 4.73. The second-order valence-electron chi connectivity index (χ2n) is 6.74. The smallest absolute Gasteiger partial charge is 0.410 e. The number of carbonyl (C=O) groups is 2. The van der Waals surface area contributed by atoms with E-state index in [1.807, 2.05) is 0 Å². The maximum absolute atomic E-state index is 14.0. The van der Waals surface area contributed by atoms with E-state index in [9.17, 15) is 22.8 Å². The Morgan fingerprint density at radius 3 is 2.33 bits per heavy atom. The molecule has 5 nitrogen and oxygen atoms in total. The van der Waals surface area contributed by atoms with Gasteiger partial charge in [-0.3, -0.25) is 9.69 Å². The lowest BCUT2D eigenvalue weighted by atomic mass is 9.95. The molecular formula is C16H19F3N2O3. The van der Waals surface area contributed by atoms with Crippen molar-refractivity contribution < 1.29 is 27.5 Å². The Kier molecular flexibility index (Phi) is 4.77. The predicted molar refractivity (Wildman–Crippen MR) is 79.6 cm³/mol. The van der Waals surface area contributed by atoms with E-state index in [1.165, 1.54) is 0 Å². The molecule has 24 heavy (non-hydrogen) atoms. The maximum atomic E-state index is 14.0. The molecule has 2 N–H and O–H groups in total. The summed E-state index contributed by atoms with van der Waals surface area (Å²) >= 11 is 0. The van der Waals surface area contributed by atoms with Crippen LogP contribution in [0.3, 0.4) is 0 Å². The molecule has 0 spiro atoms. The van der Waals surface area contributed by atoms with E-state index in [4.69, 9.17) is 10.5 Å². The van der Waals surface area contributed by atoms with Crippen molar-refractivity contribution in [3.05, 3.63) is 35.1 Å². The number of amides is 2. The first-order valence-corrected chi connectivity index (χ1v) is 7.43. The molecule has 0 radical (unpaired) electrons. The number of primary amides is 1.